The van der Waals surface area contributed by atoms with Gasteiger partial charge in [0, 0.05) is 26.2 Å². The molecule has 1 aliphatic heterocycles. The molecule has 3 nitrogen and oxygen atoms in total. The maximum Gasteiger partial charge on any atom is 0.319 e. The molecule has 0 aromatic heterocycles. The van der Waals surface area contributed by atoms with E-state index >= 15 is 0 Å². The number of likely N-dealkylation sites (tertiary alicyclic amines) is 1. The minimum absolute atomic E-state index is 0.215. The zero-order valence-corrected chi connectivity index (χ0v) is 11.2. The molecule has 1 heterocycles. The van der Waals surface area contributed by atoms with E-state index in [-0.39, 0.29) is 6.03 Å². The van der Waals surface area contributed by atoms with E-state index in [0.29, 0.717) is 12.0 Å². The fourth-order valence-electron chi connectivity index (χ4n) is 2.39. The average Bonchev–Trinajstić information content (AvgIpc) is 2.27. The van der Waals surface area contributed by atoms with Gasteiger partial charge in [0.15, 0.2) is 0 Å². The van der Waals surface area contributed by atoms with Gasteiger partial charge in [0.1, 0.15) is 0 Å². The van der Waals surface area contributed by atoms with E-state index < -0.39 is 0 Å². The van der Waals surface area contributed by atoms with Crippen molar-refractivity contribution < 1.29 is 4.79 Å². The Bertz CT molecular complexity index is 230. The minimum atomic E-state index is 0.215. The SMILES string of the molecule is CCCC(C)N(C)C(=O)N1CCCC(C)C1. The van der Waals surface area contributed by atoms with Crippen molar-refractivity contribution in [2.45, 2.75) is 52.5 Å². The molecule has 0 aromatic rings. The number of piperidine rings is 1. The molecule has 94 valence electrons. The van der Waals surface area contributed by atoms with Gasteiger partial charge in [-0.05, 0) is 32.1 Å². The van der Waals surface area contributed by atoms with Crippen LogP contribution in [0.4, 0.5) is 4.79 Å². The third-order valence-corrected chi connectivity index (χ3v) is 3.60. The molecular weight excluding hydrogens is 200 g/mol. The Labute approximate surface area is 99.8 Å². The summed E-state index contributed by atoms with van der Waals surface area (Å²) in [5, 5.41) is 0. The molecule has 16 heavy (non-hydrogen) atoms. The monoisotopic (exact) mass is 226 g/mol. The molecule has 0 radical (unpaired) electrons. The first kappa shape index (κ1) is 13.3. The molecule has 0 N–H and O–H groups in total. The molecule has 1 saturated heterocycles. The molecule has 1 aliphatic rings. The number of hydrogen-bond acceptors (Lipinski definition) is 1. The van der Waals surface area contributed by atoms with Crippen LogP contribution < -0.4 is 0 Å². The topological polar surface area (TPSA) is 23.6 Å². The van der Waals surface area contributed by atoms with E-state index in [2.05, 4.69) is 20.8 Å². The lowest BCUT2D eigenvalue weighted by molar-refractivity contribution is 0.126. The second kappa shape index (κ2) is 6.12. The van der Waals surface area contributed by atoms with Gasteiger partial charge in [0.25, 0.3) is 0 Å². The van der Waals surface area contributed by atoms with Gasteiger partial charge in [-0.3, -0.25) is 0 Å². The van der Waals surface area contributed by atoms with Crippen LogP contribution in [0.2, 0.25) is 0 Å². The standard InChI is InChI=1S/C13H26N2O/c1-5-7-12(3)14(4)13(16)15-9-6-8-11(2)10-15/h11-12H,5-10H2,1-4H3. The molecule has 0 aliphatic carbocycles. The van der Waals surface area contributed by atoms with Gasteiger partial charge >= 0.3 is 6.03 Å². The molecule has 2 amide bonds. The third kappa shape index (κ3) is 3.39. The van der Waals surface area contributed by atoms with Crippen LogP contribution in [0.5, 0.6) is 0 Å². The first-order chi connectivity index (χ1) is 7.56. The van der Waals surface area contributed by atoms with Crippen LogP contribution in [0.25, 0.3) is 0 Å². The lowest BCUT2D eigenvalue weighted by Gasteiger charge is -2.36. The minimum Gasteiger partial charge on any atom is -0.325 e. The maximum atomic E-state index is 12.2. The van der Waals surface area contributed by atoms with E-state index in [0.717, 1.165) is 32.4 Å². The van der Waals surface area contributed by atoms with Crippen molar-refractivity contribution in [2.24, 2.45) is 5.92 Å². The van der Waals surface area contributed by atoms with Gasteiger partial charge in [0.2, 0.25) is 0 Å². The number of carbonyl (C=O) groups is 1. The number of rotatable bonds is 3. The maximum absolute atomic E-state index is 12.2. The molecule has 0 spiro atoms. The Balaban J connectivity index is 2.48. The number of urea groups is 1. The first-order valence-corrected chi connectivity index (χ1v) is 6.58. The molecule has 0 aromatic carbocycles. The van der Waals surface area contributed by atoms with Gasteiger partial charge < -0.3 is 9.80 Å². The highest BCUT2D eigenvalue weighted by Gasteiger charge is 2.25. The summed E-state index contributed by atoms with van der Waals surface area (Å²) in [4.78, 5) is 16.1. The molecule has 0 saturated carbocycles. The summed E-state index contributed by atoms with van der Waals surface area (Å²) in [5.74, 6) is 0.660. The highest BCUT2D eigenvalue weighted by molar-refractivity contribution is 5.74. The van der Waals surface area contributed by atoms with Crippen LogP contribution in [0, 0.1) is 5.92 Å². The Morgan fingerprint density at radius 2 is 2.25 bits per heavy atom. The molecule has 1 rings (SSSR count). The predicted octanol–water partition coefficient (Wildman–Crippen LogP) is 2.96. The quantitative estimate of drug-likeness (QED) is 0.725. The molecule has 1 fully saturated rings. The fraction of sp³-hybridized carbons (Fsp3) is 0.923. The fourth-order valence-corrected chi connectivity index (χ4v) is 2.39. The van der Waals surface area contributed by atoms with Crippen LogP contribution in [0.3, 0.4) is 0 Å². The summed E-state index contributed by atoms with van der Waals surface area (Å²) in [5.41, 5.74) is 0. The Kier molecular flexibility index (Phi) is 5.10. The summed E-state index contributed by atoms with van der Waals surface area (Å²) < 4.78 is 0. The highest BCUT2D eigenvalue weighted by Crippen LogP contribution is 2.17. The van der Waals surface area contributed by atoms with E-state index in [4.69, 9.17) is 0 Å². The van der Waals surface area contributed by atoms with Gasteiger partial charge in [-0.1, -0.05) is 20.3 Å². The van der Waals surface area contributed by atoms with E-state index in [1.807, 2.05) is 16.8 Å². The first-order valence-electron chi connectivity index (χ1n) is 6.58. The Hall–Kier alpha value is -0.730. The zero-order chi connectivity index (χ0) is 12.1. The van der Waals surface area contributed by atoms with E-state index in [1.54, 1.807) is 0 Å². The molecule has 0 bridgehead atoms. The normalized spacial score (nSPS) is 23.0. The summed E-state index contributed by atoms with van der Waals surface area (Å²) >= 11 is 0. The Morgan fingerprint density at radius 3 is 2.81 bits per heavy atom. The number of carbonyl (C=O) groups excluding carboxylic acids is 1. The van der Waals surface area contributed by atoms with Gasteiger partial charge in [-0.15, -0.1) is 0 Å². The lowest BCUT2D eigenvalue weighted by Crippen LogP contribution is -2.48. The van der Waals surface area contributed by atoms with E-state index in [9.17, 15) is 4.79 Å². The van der Waals surface area contributed by atoms with Crippen molar-refractivity contribution in [3.05, 3.63) is 0 Å². The van der Waals surface area contributed by atoms with Crippen LogP contribution in [-0.2, 0) is 0 Å². The van der Waals surface area contributed by atoms with Crippen molar-refractivity contribution in [2.75, 3.05) is 20.1 Å². The molecular formula is C13H26N2O. The van der Waals surface area contributed by atoms with Gasteiger partial charge in [-0.2, -0.15) is 0 Å². The smallest absolute Gasteiger partial charge is 0.319 e. The number of amides is 2. The van der Waals surface area contributed by atoms with Crippen LogP contribution in [-0.4, -0.2) is 42.0 Å². The average molecular weight is 226 g/mol. The van der Waals surface area contributed by atoms with Gasteiger partial charge in [-0.25, -0.2) is 4.79 Å². The summed E-state index contributed by atoms with van der Waals surface area (Å²) in [6.45, 7) is 8.40. The lowest BCUT2D eigenvalue weighted by atomic mass is 10.0. The number of nitrogens with zero attached hydrogens (tertiary/aromatic N) is 2. The van der Waals surface area contributed by atoms with E-state index in [1.165, 1.54) is 6.42 Å². The predicted molar refractivity (Wildman–Crippen MR) is 67.5 cm³/mol. The molecule has 2 unspecified atom stereocenters. The summed E-state index contributed by atoms with van der Waals surface area (Å²) in [7, 11) is 1.93. The summed E-state index contributed by atoms with van der Waals surface area (Å²) in [6, 6.07) is 0.572. The number of hydrogen-bond donors (Lipinski definition) is 0. The van der Waals surface area contributed by atoms with Crippen molar-refractivity contribution in [3.8, 4) is 0 Å². The van der Waals surface area contributed by atoms with Crippen LogP contribution in [0.1, 0.15) is 46.5 Å². The largest absolute Gasteiger partial charge is 0.325 e. The zero-order valence-electron chi connectivity index (χ0n) is 11.2. The van der Waals surface area contributed by atoms with Gasteiger partial charge in [0.05, 0.1) is 0 Å². The third-order valence-electron chi connectivity index (χ3n) is 3.60. The van der Waals surface area contributed by atoms with Crippen molar-refractivity contribution in [1.82, 2.24) is 9.80 Å². The van der Waals surface area contributed by atoms with Crippen LogP contribution >= 0.6 is 0 Å². The van der Waals surface area contributed by atoms with Crippen LogP contribution in [0.15, 0.2) is 0 Å². The van der Waals surface area contributed by atoms with Crippen molar-refractivity contribution >= 4 is 6.03 Å². The Morgan fingerprint density at radius 1 is 1.56 bits per heavy atom. The summed E-state index contributed by atoms with van der Waals surface area (Å²) in [6.07, 6.45) is 4.64. The van der Waals surface area contributed by atoms with Crippen molar-refractivity contribution in [1.29, 1.82) is 0 Å². The highest BCUT2D eigenvalue weighted by atomic mass is 16.2. The molecule has 3 heteroatoms. The second-order valence-corrected chi connectivity index (χ2v) is 5.22. The second-order valence-electron chi connectivity index (χ2n) is 5.22. The molecule has 2 atom stereocenters. The van der Waals surface area contributed by atoms with Crippen molar-refractivity contribution in [3.63, 3.8) is 0 Å².